The third-order valence-electron chi connectivity index (χ3n) is 4.00. The number of esters is 2. The number of ether oxygens (including phenoxy) is 2. The van der Waals surface area contributed by atoms with Crippen LogP contribution in [0.4, 0.5) is 0 Å². The Kier molecular flexibility index (Phi) is 7.18. The number of carbonyl (C=O) groups excluding carboxylic acids is 4. The van der Waals surface area contributed by atoms with E-state index in [9.17, 15) is 33.9 Å². The van der Waals surface area contributed by atoms with Gasteiger partial charge in [0.05, 0.1) is 23.2 Å². The van der Waals surface area contributed by atoms with Crippen molar-refractivity contribution in [2.24, 2.45) is 5.73 Å². The monoisotopic (exact) mass is 443 g/mol. The number of nitrogens with two attached hydrogens (primary N) is 1. The minimum atomic E-state index is -1.36. The Hall–Kier alpha value is -4.38. The number of hydrogen-bond donors (Lipinski definition) is 3. The van der Waals surface area contributed by atoms with Crippen LogP contribution in [0, 0.1) is 0 Å². The van der Waals surface area contributed by atoms with E-state index in [0.717, 1.165) is 26.0 Å². The zero-order valence-corrected chi connectivity index (χ0v) is 16.8. The number of carboxylic acid groups (broad SMARTS) is 2. The molecule has 3 rings (SSSR count). The average Bonchev–Trinajstić information content (AvgIpc) is 2.70. The molecule has 0 radical (unpaired) electrons. The molecule has 4 N–H and O–H groups in total. The van der Waals surface area contributed by atoms with Gasteiger partial charge in [-0.25, -0.2) is 4.79 Å². The standard InChI is InChI=1S/C19H12O8.C2H5NO2/c1-8(20)26-13-5-3-4-11-15(13)18(23)16-12(17(11)22)6-10(19(24)25)7-14(16)27-9(2)21;3-1-2(4)5/h3-7H,1-2H3,(H,24,25);1,3H2,(H,4,5). The average molecular weight is 443 g/mol. The fourth-order valence-corrected chi connectivity index (χ4v) is 2.85. The van der Waals surface area contributed by atoms with Crippen LogP contribution in [0.15, 0.2) is 30.3 Å². The summed E-state index contributed by atoms with van der Waals surface area (Å²) in [5, 5.41) is 16.8. The lowest BCUT2D eigenvalue weighted by Gasteiger charge is -2.21. The minimum absolute atomic E-state index is 0.0393. The van der Waals surface area contributed by atoms with E-state index < -0.39 is 35.4 Å². The zero-order valence-electron chi connectivity index (χ0n) is 16.8. The van der Waals surface area contributed by atoms with E-state index >= 15 is 0 Å². The Morgan fingerprint density at radius 3 is 1.88 bits per heavy atom. The first-order chi connectivity index (χ1) is 15.0. The summed E-state index contributed by atoms with van der Waals surface area (Å²) in [7, 11) is 0. The van der Waals surface area contributed by atoms with Crippen molar-refractivity contribution in [3.8, 4) is 11.5 Å². The molecule has 0 saturated heterocycles. The fraction of sp³-hybridized carbons (Fsp3) is 0.143. The smallest absolute Gasteiger partial charge is 0.335 e. The molecule has 0 bridgehead atoms. The lowest BCUT2D eigenvalue weighted by molar-refractivity contribution is -0.135. The third kappa shape index (κ3) is 5.02. The number of hydrogen-bond acceptors (Lipinski definition) is 9. The van der Waals surface area contributed by atoms with Crippen LogP contribution in [0.2, 0.25) is 0 Å². The summed E-state index contributed by atoms with van der Waals surface area (Å²) in [5.74, 6) is -5.63. The van der Waals surface area contributed by atoms with Crippen molar-refractivity contribution in [3.05, 3.63) is 58.1 Å². The molecular weight excluding hydrogens is 426 g/mol. The molecule has 0 atom stereocenters. The second-order valence-corrected chi connectivity index (χ2v) is 6.32. The van der Waals surface area contributed by atoms with E-state index in [1.165, 1.54) is 18.2 Å². The molecule has 0 amide bonds. The Balaban J connectivity index is 0.000000654. The summed E-state index contributed by atoms with van der Waals surface area (Å²) in [6.07, 6.45) is 0. The Bertz CT molecular complexity index is 1170. The number of benzene rings is 2. The molecule has 166 valence electrons. The summed E-state index contributed by atoms with van der Waals surface area (Å²) in [4.78, 5) is 69.2. The number of rotatable bonds is 4. The van der Waals surface area contributed by atoms with Crippen LogP contribution in [-0.4, -0.2) is 52.2 Å². The van der Waals surface area contributed by atoms with Crippen LogP contribution in [0.5, 0.6) is 11.5 Å². The van der Waals surface area contributed by atoms with Crippen molar-refractivity contribution < 1.29 is 48.5 Å². The molecule has 0 unspecified atom stereocenters. The van der Waals surface area contributed by atoms with E-state index in [4.69, 9.17) is 14.6 Å². The molecule has 2 aromatic carbocycles. The van der Waals surface area contributed by atoms with Gasteiger partial charge >= 0.3 is 23.9 Å². The van der Waals surface area contributed by atoms with Gasteiger partial charge in [0, 0.05) is 25.0 Å². The van der Waals surface area contributed by atoms with Crippen molar-refractivity contribution in [3.63, 3.8) is 0 Å². The van der Waals surface area contributed by atoms with Crippen LogP contribution in [-0.2, 0) is 14.4 Å². The van der Waals surface area contributed by atoms with Gasteiger partial charge in [-0.1, -0.05) is 12.1 Å². The maximum Gasteiger partial charge on any atom is 0.335 e. The number of carboxylic acids is 2. The molecule has 0 aromatic heterocycles. The summed E-state index contributed by atoms with van der Waals surface area (Å²) < 4.78 is 9.99. The van der Waals surface area contributed by atoms with E-state index in [0.29, 0.717) is 0 Å². The van der Waals surface area contributed by atoms with E-state index in [-0.39, 0.29) is 45.9 Å². The second-order valence-electron chi connectivity index (χ2n) is 6.32. The molecule has 0 saturated carbocycles. The van der Waals surface area contributed by atoms with Crippen LogP contribution >= 0.6 is 0 Å². The Morgan fingerprint density at radius 2 is 1.38 bits per heavy atom. The molecule has 0 heterocycles. The molecule has 0 spiro atoms. The van der Waals surface area contributed by atoms with Gasteiger partial charge in [0.25, 0.3) is 0 Å². The SMILES string of the molecule is CC(=O)Oc1cccc2c1C(=O)c1c(OC(C)=O)cc(C(=O)O)cc1C2=O.NCC(=O)O. The summed E-state index contributed by atoms with van der Waals surface area (Å²) in [5.41, 5.74) is 3.61. The first kappa shape index (κ1) is 23.9. The molecule has 2 aromatic rings. The molecule has 0 fully saturated rings. The zero-order chi connectivity index (χ0) is 24.2. The fourth-order valence-electron chi connectivity index (χ4n) is 2.85. The van der Waals surface area contributed by atoms with Gasteiger partial charge in [-0.2, -0.15) is 0 Å². The van der Waals surface area contributed by atoms with Crippen LogP contribution in [0.1, 0.15) is 56.0 Å². The molecule has 1 aliphatic carbocycles. The molecule has 32 heavy (non-hydrogen) atoms. The maximum atomic E-state index is 13.1. The molecule has 0 aliphatic heterocycles. The van der Waals surface area contributed by atoms with Crippen LogP contribution in [0.25, 0.3) is 0 Å². The van der Waals surface area contributed by atoms with Crippen LogP contribution < -0.4 is 15.2 Å². The highest BCUT2D eigenvalue weighted by Gasteiger charge is 2.36. The van der Waals surface area contributed by atoms with E-state index in [1.807, 2.05) is 0 Å². The third-order valence-corrected chi connectivity index (χ3v) is 4.00. The highest BCUT2D eigenvalue weighted by atomic mass is 16.5. The van der Waals surface area contributed by atoms with Gasteiger partial charge < -0.3 is 25.4 Å². The lowest BCUT2D eigenvalue weighted by atomic mass is 9.82. The number of aliphatic carboxylic acids is 1. The number of fused-ring (bicyclic) bond motifs is 2. The predicted octanol–water partition coefficient (Wildman–Crippen LogP) is 1.04. The van der Waals surface area contributed by atoms with Gasteiger partial charge in [0.1, 0.15) is 11.5 Å². The first-order valence-electron chi connectivity index (χ1n) is 8.90. The van der Waals surface area contributed by atoms with E-state index in [1.54, 1.807) is 0 Å². The highest BCUT2D eigenvalue weighted by molar-refractivity contribution is 6.30. The molecule has 1 aliphatic rings. The Labute approximate surface area is 180 Å². The van der Waals surface area contributed by atoms with Crippen molar-refractivity contribution in [1.29, 1.82) is 0 Å². The van der Waals surface area contributed by atoms with Crippen molar-refractivity contribution in [1.82, 2.24) is 0 Å². The number of carbonyl (C=O) groups is 6. The quantitative estimate of drug-likeness (QED) is 0.386. The van der Waals surface area contributed by atoms with Crippen molar-refractivity contribution in [2.75, 3.05) is 6.54 Å². The van der Waals surface area contributed by atoms with Crippen molar-refractivity contribution in [2.45, 2.75) is 13.8 Å². The largest absolute Gasteiger partial charge is 0.480 e. The summed E-state index contributed by atoms with van der Waals surface area (Å²) >= 11 is 0. The van der Waals surface area contributed by atoms with Gasteiger partial charge in [-0.05, 0) is 18.2 Å². The van der Waals surface area contributed by atoms with Gasteiger partial charge in [0.15, 0.2) is 5.78 Å². The highest BCUT2D eigenvalue weighted by Crippen LogP contribution is 2.38. The lowest BCUT2D eigenvalue weighted by Crippen LogP contribution is -2.24. The second kappa shape index (κ2) is 9.62. The summed E-state index contributed by atoms with van der Waals surface area (Å²) in [6.45, 7) is 1.94. The molecular formula is C21H17NO10. The maximum absolute atomic E-state index is 13.1. The predicted molar refractivity (Wildman–Crippen MR) is 106 cm³/mol. The number of aromatic carboxylic acids is 1. The van der Waals surface area contributed by atoms with Crippen molar-refractivity contribution >= 4 is 35.4 Å². The minimum Gasteiger partial charge on any atom is -0.480 e. The van der Waals surface area contributed by atoms with Gasteiger partial charge in [0.2, 0.25) is 5.78 Å². The Morgan fingerprint density at radius 1 is 0.844 bits per heavy atom. The van der Waals surface area contributed by atoms with Crippen LogP contribution in [0.3, 0.4) is 0 Å². The topological polar surface area (TPSA) is 187 Å². The molecule has 11 nitrogen and oxygen atoms in total. The van der Waals surface area contributed by atoms with E-state index in [2.05, 4.69) is 5.73 Å². The van der Waals surface area contributed by atoms with Gasteiger partial charge in [-0.15, -0.1) is 0 Å². The summed E-state index contributed by atoms with van der Waals surface area (Å²) in [6, 6.07) is 6.19. The first-order valence-corrected chi connectivity index (χ1v) is 8.90. The number of ketones is 2. The van der Waals surface area contributed by atoms with Gasteiger partial charge in [-0.3, -0.25) is 24.0 Å². The molecule has 11 heteroatoms. The normalized spacial score (nSPS) is 11.3.